The molecule has 0 aliphatic carbocycles. The standard InChI is InChI=1S/C28H31F2N7O3/c1-17-4-7-24(40-27(29)30)20(10-17)16-37-23-11-19(5-6-22(23)26(39)34(37)3)21-13-32-28(33-14-21)35-8-9-36(18(2)15-35)25(38)12-31/h4-7,10-11,13-14,18,27H,8-9,12,15-16,31H2,1-3H3. The quantitative estimate of drug-likeness (QED) is 0.376. The molecule has 210 valence electrons. The van der Waals surface area contributed by atoms with Crippen molar-refractivity contribution >= 4 is 22.8 Å². The lowest BCUT2D eigenvalue weighted by Gasteiger charge is -2.39. The predicted molar refractivity (Wildman–Crippen MR) is 148 cm³/mol. The lowest BCUT2D eigenvalue weighted by Crippen LogP contribution is -2.55. The molecule has 1 amide bonds. The Morgan fingerprint density at radius 1 is 1.12 bits per heavy atom. The van der Waals surface area contributed by atoms with Gasteiger partial charge in [0, 0.05) is 56.2 Å². The monoisotopic (exact) mass is 551 g/mol. The number of hydrogen-bond acceptors (Lipinski definition) is 7. The van der Waals surface area contributed by atoms with Gasteiger partial charge in [-0.05, 0) is 37.6 Å². The van der Waals surface area contributed by atoms with Crippen LogP contribution in [0.4, 0.5) is 14.7 Å². The maximum atomic E-state index is 13.0. The smallest absolute Gasteiger partial charge is 0.387 e. The van der Waals surface area contributed by atoms with Crippen molar-refractivity contribution in [3.05, 3.63) is 70.3 Å². The molecule has 2 aromatic carbocycles. The number of aryl methyl sites for hydroxylation is 1. The summed E-state index contributed by atoms with van der Waals surface area (Å²) in [6.45, 7) is 2.79. The third-order valence-electron chi connectivity index (χ3n) is 7.29. The van der Waals surface area contributed by atoms with Crippen LogP contribution in [0.5, 0.6) is 5.75 Å². The number of rotatable bonds is 7. The highest BCUT2D eigenvalue weighted by atomic mass is 19.3. The van der Waals surface area contributed by atoms with E-state index in [0.29, 0.717) is 42.0 Å². The molecule has 2 aromatic heterocycles. The summed E-state index contributed by atoms with van der Waals surface area (Å²) in [4.78, 5) is 38.0. The van der Waals surface area contributed by atoms with Gasteiger partial charge in [0.1, 0.15) is 5.75 Å². The Labute approximate surface area is 229 Å². The summed E-state index contributed by atoms with van der Waals surface area (Å²) in [7, 11) is 1.64. The molecule has 2 N–H and O–H groups in total. The number of halogens is 2. The van der Waals surface area contributed by atoms with E-state index in [4.69, 9.17) is 10.5 Å². The van der Waals surface area contributed by atoms with Crippen molar-refractivity contribution in [1.29, 1.82) is 0 Å². The number of nitrogens with zero attached hydrogens (tertiary/aromatic N) is 6. The van der Waals surface area contributed by atoms with Crippen molar-refractivity contribution in [1.82, 2.24) is 24.2 Å². The van der Waals surface area contributed by atoms with Crippen LogP contribution in [-0.2, 0) is 18.4 Å². The van der Waals surface area contributed by atoms with Crippen molar-refractivity contribution in [2.45, 2.75) is 33.0 Å². The molecular weight excluding hydrogens is 520 g/mol. The number of carbonyl (C=O) groups is 1. The summed E-state index contributed by atoms with van der Waals surface area (Å²) in [6.07, 6.45) is 3.46. The van der Waals surface area contributed by atoms with Gasteiger partial charge in [0.05, 0.1) is 24.0 Å². The van der Waals surface area contributed by atoms with Crippen LogP contribution >= 0.6 is 0 Å². The summed E-state index contributed by atoms with van der Waals surface area (Å²) < 4.78 is 34.0. The number of ether oxygens (including phenoxy) is 1. The number of piperazine rings is 1. The maximum Gasteiger partial charge on any atom is 0.387 e. The molecule has 1 aliphatic heterocycles. The Hall–Kier alpha value is -4.32. The summed E-state index contributed by atoms with van der Waals surface area (Å²) in [5, 5.41) is 0.506. The average Bonchev–Trinajstić information content (AvgIpc) is 3.18. The first-order chi connectivity index (χ1) is 19.2. The van der Waals surface area contributed by atoms with Gasteiger partial charge in [-0.2, -0.15) is 8.78 Å². The van der Waals surface area contributed by atoms with Gasteiger partial charge in [0.25, 0.3) is 5.56 Å². The Morgan fingerprint density at radius 3 is 2.55 bits per heavy atom. The Bertz CT molecular complexity index is 1600. The number of alkyl halides is 2. The fourth-order valence-electron chi connectivity index (χ4n) is 5.21. The SMILES string of the molecule is Cc1ccc(OC(F)F)c(Cn2c3cc(-c4cnc(N5CCN(C(=O)CN)C(C)C5)nc4)ccc3c(=O)n2C)c1. The number of anilines is 1. The fourth-order valence-corrected chi connectivity index (χ4v) is 5.21. The van der Waals surface area contributed by atoms with E-state index in [2.05, 4.69) is 9.97 Å². The predicted octanol–water partition coefficient (Wildman–Crippen LogP) is 2.75. The van der Waals surface area contributed by atoms with Crippen LogP contribution in [0.2, 0.25) is 0 Å². The molecule has 1 aliphatic rings. The molecule has 40 heavy (non-hydrogen) atoms. The highest BCUT2D eigenvalue weighted by Crippen LogP contribution is 2.27. The van der Waals surface area contributed by atoms with E-state index in [-0.39, 0.29) is 36.3 Å². The minimum atomic E-state index is -2.96. The molecule has 12 heteroatoms. The van der Waals surface area contributed by atoms with Crippen LogP contribution in [0.1, 0.15) is 18.1 Å². The third kappa shape index (κ3) is 5.26. The average molecular weight is 552 g/mol. The molecule has 5 rings (SSSR count). The van der Waals surface area contributed by atoms with Crippen molar-refractivity contribution in [2.24, 2.45) is 12.8 Å². The van der Waals surface area contributed by atoms with E-state index >= 15 is 0 Å². The summed E-state index contributed by atoms with van der Waals surface area (Å²) in [5.41, 5.74) is 8.96. The van der Waals surface area contributed by atoms with Gasteiger partial charge in [-0.1, -0.05) is 23.8 Å². The molecule has 4 aromatic rings. The van der Waals surface area contributed by atoms with Gasteiger partial charge >= 0.3 is 6.61 Å². The molecule has 0 spiro atoms. The minimum Gasteiger partial charge on any atom is -0.434 e. The molecule has 10 nitrogen and oxygen atoms in total. The zero-order valence-corrected chi connectivity index (χ0v) is 22.6. The lowest BCUT2D eigenvalue weighted by atomic mass is 10.1. The second-order valence-corrected chi connectivity index (χ2v) is 9.97. The lowest BCUT2D eigenvalue weighted by molar-refractivity contribution is -0.132. The molecule has 0 radical (unpaired) electrons. The first-order valence-corrected chi connectivity index (χ1v) is 13.0. The topological polar surface area (TPSA) is 112 Å². The van der Waals surface area contributed by atoms with E-state index in [1.165, 1.54) is 10.7 Å². The first-order valence-electron chi connectivity index (χ1n) is 13.0. The van der Waals surface area contributed by atoms with E-state index in [1.807, 2.05) is 30.9 Å². The highest BCUT2D eigenvalue weighted by molar-refractivity contribution is 5.84. The minimum absolute atomic E-state index is 0.00897. The van der Waals surface area contributed by atoms with Gasteiger partial charge < -0.3 is 20.3 Å². The zero-order chi connectivity index (χ0) is 28.6. The summed E-state index contributed by atoms with van der Waals surface area (Å²) in [6, 6.07) is 10.4. The van der Waals surface area contributed by atoms with Crippen LogP contribution in [-0.4, -0.2) is 69.0 Å². The second kappa shape index (κ2) is 11.0. The van der Waals surface area contributed by atoms with E-state index in [0.717, 1.165) is 16.7 Å². The fraction of sp³-hybridized carbons (Fsp3) is 0.357. The van der Waals surface area contributed by atoms with Crippen LogP contribution in [0, 0.1) is 6.92 Å². The van der Waals surface area contributed by atoms with Gasteiger partial charge in [0.2, 0.25) is 11.9 Å². The van der Waals surface area contributed by atoms with Gasteiger partial charge in [0.15, 0.2) is 0 Å². The molecule has 0 saturated carbocycles. The van der Waals surface area contributed by atoms with Gasteiger partial charge in [-0.25, -0.2) is 9.97 Å². The number of amides is 1. The summed E-state index contributed by atoms with van der Waals surface area (Å²) >= 11 is 0. The van der Waals surface area contributed by atoms with Crippen molar-refractivity contribution in [3.8, 4) is 16.9 Å². The largest absolute Gasteiger partial charge is 0.434 e. The van der Waals surface area contributed by atoms with Crippen molar-refractivity contribution in [2.75, 3.05) is 31.1 Å². The van der Waals surface area contributed by atoms with Crippen LogP contribution in [0.25, 0.3) is 22.0 Å². The van der Waals surface area contributed by atoms with E-state index in [9.17, 15) is 18.4 Å². The molecule has 3 heterocycles. The Kier molecular flexibility index (Phi) is 7.53. The Morgan fingerprint density at radius 2 is 1.88 bits per heavy atom. The third-order valence-corrected chi connectivity index (χ3v) is 7.29. The number of hydrogen-bond donors (Lipinski definition) is 1. The molecule has 0 bridgehead atoms. The van der Waals surface area contributed by atoms with Crippen LogP contribution < -0.4 is 20.9 Å². The Balaban J connectivity index is 1.43. The van der Waals surface area contributed by atoms with Crippen molar-refractivity contribution in [3.63, 3.8) is 0 Å². The van der Waals surface area contributed by atoms with Gasteiger partial charge in [-0.15, -0.1) is 0 Å². The van der Waals surface area contributed by atoms with Gasteiger partial charge in [-0.3, -0.25) is 19.0 Å². The highest BCUT2D eigenvalue weighted by Gasteiger charge is 2.28. The summed E-state index contributed by atoms with van der Waals surface area (Å²) in [5.74, 6) is 0.565. The van der Waals surface area contributed by atoms with Crippen molar-refractivity contribution < 1.29 is 18.3 Å². The number of nitrogens with two attached hydrogens (primary N) is 1. The number of carbonyl (C=O) groups excluding carboxylic acids is 1. The molecule has 1 unspecified atom stereocenters. The zero-order valence-electron chi connectivity index (χ0n) is 22.6. The van der Waals surface area contributed by atoms with E-state index < -0.39 is 6.61 Å². The van der Waals surface area contributed by atoms with E-state index in [1.54, 1.807) is 47.2 Å². The number of benzene rings is 2. The van der Waals surface area contributed by atoms with Crippen LogP contribution in [0.15, 0.2) is 53.6 Å². The molecule has 1 saturated heterocycles. The molecule has 1 fully saturated rings. The maximum absolute atomic E-state index is 13.0. The molecule has 1 atom stereocenters. The second-order valence-electron chi connectivity index (χ2n) is 9.97. The number of fused-ring (bicyclic) bond motifs is 1. The first kappa shape index (κ1) is 27.3. The molecular formula is C28H31F2N7O3. The van der Waals surface area contributed by atoms with Crippen LogP contribution in [0.3, 0.4) is 0 Å². The number of aromatic nitrogens is 4. The normalized spacial score (nSPS) is 15.7.